The van der Waals surface area contributed by atoms with Crippen molar-refractivity contribution in [3.8, 4) is 0 Å². The summed E-state index contributed by atoms with van der Waals surface area (Å²) in [4.78, 5) is 0.842. The van der Waals surface area contributed by atoms with Crippen LogP contribution in [-0.4, -0.2) is 6.04 Å². The first-order valence-corrected chi connectivity index (χ1v) is 8.37. The van der Waals surface area contributed by atoms with Crippen molar-refractivity contribution in [2.75, 3.05) is 0 Å². The number of benzene rings is 2. The minimum Gasteiger partial charge on any atom is -0.310 e. The van der Waals surface area contributed by atoms with E-state index in [4.69, 9.17) is 0 Å². The van der Waals surface area contributed by atoms with Crippen LogP contribution < -0.4 is 5.32 Å². The summed E-state index contributed by atoms with van der Waals surface area (Å²) in [6, 6.07) is 10.7. The molecule has 0 spiro atoms. The summed E-state index contributed by atoms with van der Waals surface area (Å²) in [7, 11) is 0. The van der Waals surface area contributed by atoms with E-state index < -0.39 is 11.6 Å². The van der Waals surface area contributed by atoms with E-state index in [1.54, 1.807) is 0 Å². The van der Waals surface area contributed by atoms with Crippen molar-refractivity contribution in [1.82, 2.24) is 5.32 Å². The smallest absolute Gasteiger partial charge is 0.140 e. The Morgan fingerprint density at radius 2 is 1.86 bits per heavy atom. The molecule has 0 aromatic heterocycles. The first kappa shape index (κ1) is 15.0. The molecule has 1 saturated carbocycles. The van der Waals surface area contributed by atoms with Crippen LogP contribution in [0.3, 0.4) is 0 Å². The molecule has 110 valence electrons. The summed E-state index contributed by atoms with van der Waals surface area (Å²) in [6.45, 7) is 0.514. The molecular formula is C16H14BrF2NS. The third kappa shape index (κ3) is 4.05. The monoisotopic (exact) mass is 369 g/mol. The highest BCUT2D eigenvalue weighted by atomic mass is 79.9. The van der Waals surface area contributed by atoms with Crippen LogP contribution in [0.25, 0.3) is 0 Å². The van der Waals surface area contributed by atoms with E-state index >= 15 is 0 Å². The molecule has 0 radical (unpaired) electrons. The molecule has 21 heavy (non-hydrogen) atoms. The van der Waals surface area contributed by atoms with Gasteiger partial charge in [-0.2, -0.15) is 0 Å². The SMILES string of the molecule is Fc1cc(CNC2CC2)cc(F)c1Sc1cccc(Br)c1. The van der Waals surface area contributed by atoms with Crippen LogP contribution in [0.5, 0.6) is 0 Å². The standard InChI is InChI=1S/C16H14BrF2NS/c17-11-2-1-3-13(8-11)21-16-14(18)6-10(7-15(16)19)9-20-12-4-5-12/h1-3,6-8,12,20H,4-5,9H2. The second kappa shape index (κ2) is 6.46. The lowest BCUT2D eigenvalue weighted by molar-refractivity contribution is 0.534. The van der Waals surface area contributed by atoms with Crippen LogP contribution in [0.4, 0.5) is 8.78 Å². The predicted octanol–water partition coefficient (Wildman–Crippen LogP) is 5.13. The van der Waals surface area contributed by atoms with E-state index in [1.807, 2.05) is 24.3 Å². The number of hydrogen-bond donors (Lipinski definition) is 1. The molecule has 0 bridgehead atoms. The summed E-state index contributed by atoms with van der Waals surface area (Å²) in [5, 5.41) is 3.26. The molecule has 1 aliphatic rings. The first-order valence-electron chi connectivity index (χ1n) is 6.76. The fourth-order valence-electron chi connectivity index (χ4n) is 2.01. The Bertz CT molecular complexity index is 635. The minimum absolute atomic E-state index is 0.0447. The molecule has 2 aromatic rings. The molecule has 0 amide bonds. The summed E-state index contributed by atoms with van der Waals surface area (Å²) in [5.74, 6) is -1.01. The maximum Gasteiger partial charge on any atom is 0.140 e. The highest BCUT2D eigenvalue weighted by Crippen LogP contribution is 2.34. The molecule has 2 aromatic carbocycles. The van der Waals surface area contributed by atoms with E-state index in [9.17, 15) is 8.78 Å². The molecule has 1 N–H and O–H groups in total. The first-order chi connectivity index (χ1) is 10.1. The Labute approximate surface area is 135 Å². The van der Waals surface area contributed by atoms with Crippen molar-refractivity contribution >= 4 is 27.7 Å². The lowest BCUT2D eigenvalue weighted by atomic mass is 10.2. The van der Waals surface area contributed by atoms with Crippen LogP contribution in [-0.2, 0) is 6.54 Å². The molecule has 0 unspecified atom stereocenters. The van der Waals surface area contributed by atoms with Crippen LogP contribution in [0.2, 0.25) is 0 Å². The van der Waals surface area contributed by atoms with Gasteiger partial charge in [0.2, 0.25) is 0 Å². The lowest BCUT2D eigenvalue weighted by Gasteiger charge is -2.09. The summed E-state index contributed by atoms with van der Waals surface area (Å²) in [5.41, 5.74) is 0.649. The molecule has 1 aliphatic carbocycles. The molecule has 0 saturated heterocycles. The largest absolute Gasteiger partial charge is 0.310 e. The Kier molecular flexibility index (Phi) is 4.62. The average Bonchev–Trinajstić information content (AvgIpc) is 3.25. The van der Waals surface area contributed by atoms with E-state index in [1.165, 1.54) is 12.1 Å². The summed E-state index contributed by atoms with van der Waals surface area (Å²) in [6.07, 6.45) is 2.31. The van der Waals surface area contributed by atoms with Crippen molar-refractivity contribution in [2.24, 2.45) is 0 Å². The van der Waals surface area contributed by atoms with Gasteiger partial charge in [0.1, 0.15) is 11.6 Å². The molecule has 1 fully saturated rings. The van der Waals surface area contributed by atoms with Crippen molar-refractivity contribution < 1.29 is 8.78 Å². The highest BCUT2D eigenvalue weighted by molar-refractivity contribution is 9.10. The van der Waals surface area contributed by atoms with Gasteiger partial charge in [-0.15, -0.1) is 0 Å². The third-order valence-electron chi connectivity index (χ3n) is 3.25. The molecular weight excluding hydrogens is 356 g/mol. The summed E-state index contributed by atoms with van der Waals surface area (Å²) < 4.78 is 29.2. The van der Waals surface area contributed by atoms with E-state index in [0.717, 1.165) is 34.0 Å². The van der Waals surface area contributed by atoms with Gasteiger partial charge in [0.25, 0.3) is 0 Å². The zero-order chi connectivity index (χ0) is 14.8. The number of rotatable bonds is 5. The number of halogens is 3. The van der Waals surface area contributed by atoms with Gasteiger partial charge in [-0.1, -0.05) is 33.8 Å². The van der Waals surface area contributed by atoms with Crippen molar-refractivity contribution in [3.63, 3.8) is 0 Å². The van der Waals surface area contributed by atoms with Gasteiger partial charge in [0.15, 0.2) is 0 Å². The van der Waals surface area contributed by atoms with Crippen LogP contribution in [0, 0.1) is 11.6 Å². The zero-order valence-electron chi connectivity index (χ0n) is 11.2. The van der Waals surface area contributed by atoms with Crippen LogP contribution in [0.15, 0.2) is 50.7 Å². The Morgan fingerprint density at radius 3 is 2.48 bits per heavy atom. The number of nitrogens with one attached hydrogen (secondary N) is 1. The van der Waals surface area contributed by atoms with Crippen LogP contribution in [0.1, 0.15) is 18.4 Å². The minimum atomic E-state index is -0.507. The van der Waals surface area contributed by atoms with E-state index in [-0.39, 0.29) is 4.90 Å². The maximum absolute atomic E-state index is 14.1. The van der Waals surface area contributed by atoms with Gasteiger partial charge in [0, 0.05) is 22.0 Å². The van der Waals surface area contributed by atoms with Crippen molar-refractivity contribution in [1.29, 1.82) is 0 Å². The second-order valence-corrected chi connectivity index (χ2v) is 7.10. The Morgan fingerprint density at radius 1 is 1.14 bits per heavy atom. The average molecular weight is 370 g/mol. The normalized spacial score (nSPS) is 14.4. The fourth-order valence-corrected chi connectivity index (χ4v) is 3.44. The maximum atomic E-state index is 14.1. The lowest BCUT2D eigenvalue weighted by Crippen LogP contribution is -2.15. The molecule has 0 aliphatic heterocycles. The van der Waals surface area contributed by atoms with Crippen molar-refractivity contribution in [3.05, 3.63) is 58.1 Å². The molecule has 3 rings (SSSR count). The zero-order valence-corrected chi connectivity index (χ0v) is 13.6. The molecule has 0 atom stereocenters. The number of hydrogen-bond acceptors (Lipinski definition) is 2. The van der Waals surface area contributed by atoms with Gasteiger partial charge in [-0.05, 0) is 48.7 Å². The van der Waals surface area contributed by atoms with E-state index in [2.05, 4.69) is 21.2 Å². The van der Waals surface area contributed by atoms with Crippen molar-refractivity contribution in [2.45, 2.75) is 35.2 Å². The predicted molar refractivity (Wildman–Crippen MR) is 84.5 cm³/mol. The van der Waals surface area contributed by atoms with Gasteiger partial charge in [-0.25, -0.2) is 8.78 Å². The van der Waals surface area contributed by atoms with E-state index in [0.29, 0.717) is 18.2 Å². The quantitative estimate of drug-likeness (QED) is 0.783. The highest BCUT2D eigenvalue weighted by Gasteiger charge is 2.20. The molecule has 5 heteroatoms. The van der Waals surface area contributed by atoms with Gasteiger partial charge in [-0.3, -0.25) is 0 Å². The van der Waals surface area contributed by atoms with Gasteiger partial charge >= 0.3 is 0 Å². The fraction of sp³-hybridized carbons (Fsp3) is 0.250. The van der Waals surface area contributed by atoms with Crippen LogP contribution >= 0.6 is 27.7 Å². The van der Waals surface area contributed by atoms with Gasteiger partial charge < -0.3 is 5.32 Å². The molecule has 0 heterocycles. The summed E-state index contributed by atoms with van der Waals surface area (Å²) >= 11 is 4.46. The topological polar surface area (TPSA) is 12.0 Å². The second-order valence-electron chi connectivity index (χ2n) is 5.10. The van der Waals surface area contributed by atoms with Gasteiger partial charge in [0.05, 0.1) is 4.90 Å². The molecule has 1 nitrogen and oxygen atoms in total. The third-order valence-corrected chi connectivity index (χ3v) is 4.82. The Balaban J connectivity index is 1.78. The Hall–Kier alpha value is -0.910.